The first-order valence-electron chi connectivity index (χ1n) is 12.0. The maximum atomic E-state index is 15.3. The van der Waals surface area contributed by atoms with Gasteiger partial charge in [0.05, 0.1) is 21.7 Å². The number of nitrogens with zero attached hydrogens (tertiary/aromatic N) is 1. The van der Waals surface area contributed by atoms with E-state index in [1.165, 1.54) is 0 Å². The van der Waals surface area contributed by atoms with Crippen LogP contribution in [0.2, 0.25) is 0 Å². The molecular weight excluding hydrogens is 510 g/mol. The fourth-order valence-electron chi connectivity index (χ4n) is 4.45. The molecule has 1 unspecified atom stereocenters. The van der Waals surface area contributed by atoms with Gasteiger partial charge < -0.3 is 9.84 Å². The van der Waals surface area contributed by atoms with Crippen LogP contribution in [0.15, 0.2) is 66.7 Å². The molecule has 2 N–H and O–H groups in total. The Morgan fingerprint density at radius 2 is 1.66 bits per heavy atom. The zero-order chi connectivity index (χ0) is 27.0. The van der Waals surface area contributed by atoms with Crippen LogP contribution in [0.5, 0.6) is 0 Å². The van der Waals surface area contributed by atoms with Crippen molar-refractivity contribution in [3.05, 3.63) is 95.2 Å². The smallest absolute Gasteiger partial charge is 0.412 e. The Morgan fingerprint density at radius 3 is 2.29 bits per heavy atom. The highest BCUT2D eigenvalue weighted by molar-refractivity contribution is 7.10. The Balaban J connectivity index is 1.38. The molecule has 1 saturated carbocycles. The van der Waals surface area contributed by atoms with Crippen molar-refractivity contribution in [3.8, 4) is 21.6 Å². The van der Waals surface area contributed by atoms with E-state index in [0.717, 1.165) is 29.2 Å². The van der Waals surface area contributed by atoms with E-state index in [2.05, 4.69) is 9.69 Å². The number of rotatable bonds is 7. The van der Waals surface area contributed by atoms with Gasteiger partial charge in [-0.2, -0.15) is 4.37 Å². The molecule has 1 aliphatic carbocycles. The number of carbonyl (C=O) groups excluding carboxylic acids is 1. The number of aromatic nitrogens is 1. The van der Waals surface area contributed by atoms with Crippen LogP contribution in [-0.2, 0) is 14.9 Å². The molecule has 1 aromatic heterocycles. The minimum atomic E-state index is -0.880. The molecule has 1 atom stereocenters. The van der Waals surface area contributed by atoms with Crippen LogP contribution in [-0.4, -0.2) is 21.5 Å². The van der Waals surface area contributed by atoms with E-state index in [9.17, 15) is 14.7 Å². The lowest BCUT2D eigenvalue weighted by atomic mass is 9.93. The Labute approximate surface area is 222 Å². The number of ether oxygens (including phenoxy) is 1. The summed E-state index contributed by atoms with van der Waals surface area (Å²) < 4.78 is 40.3. The summed E-state index contributed by atoms with van der Waals surface area (Å²) >= 11 is 0.943. The zero-order valence-electron chi connectivity index (χ0n) is 20.6. The third kappa shape index (κ3) is 4.77. The maximum Gasteiger partial charge on any atom is 0.412 e. The van der Waals surface area contributed by atoms with Gasteiger partial charge >= 0.3 is 12.1 Å². The fraction of sp³-hybridized carbons (Fsp3) is 0.207. The fourth-order valence-corrected chi connectivity index (χ4v) is 5.31. The molecule has 0 radical (unpaired) electrons. The van der Waals surface area contributed by atoms with Gasteiger partial charge in [0.1, 0.15) is 17.7 Å². The number of aliphatic carboxylic acids is 1. The first kappa shape index (κ1) is 25.5. The lowest BCUT2D eigenvalue weighted by molar-refractivity contribution is -0.140. The number of amides is 1. The molecule has 9 heteroatoms. The van der Waals surface area contributed by atoms with Gasteiger partial charge in [-0.05, 0) is 67.0 Å². The van der Waals surface area contributed by atoms with Crippen molar-refractivity contribution in [1.29, 1.82) is 0 Å². The predicted octanol–water partition coefficient (Wildman–Crippen LogP) is 7.49. The highest BCUT2D eigenvalue weighted by Gasteiger charge is 2.51. The second-order valence-corrected chi connectivity index (χ2v) is 10.1. The summed E-state index contributed by atoms with van der Waals surface area (Å²) in [6.07, 6.45) is -0.138. The van der Waals surface area contributed by atoms with Gasteiger partial charge in [0.15, 0.2) is 0 Å². The van der Waals surface area contributed by atoms with Crippen LogP contribution in [0.3, 0.4) is 0 Å². The summed E-state index contributed by atoms with van der Waals surface area (Å²) in [4.78, 5) is 24.4. The molecule has 1 heterocycles. The largest absolute Gasteiger partial charge is 0.481 e. The van der Waals surface area contributed by atoms with Crippen molar-refractivity contribution in [2.45, 2.75) is 38.2 Å². The number of anilines is 1. The topological polar surface area (TPSA) is 88.5 Å². The van der Waals surface area contributed by atoms with Gasteiger partial charge in [-0.3, -0.25) is 10.1 Å². The number of halogens is 2. The van der Waals surface area contributed by atoms with Gasteiger partial charge in [-0.15, -0.1) is 0 Å². The molecule has 4 aromatic rings. The van der Waals surface area contributed by atoms with Gasteiger partial charge in [0.25, 0.3) is 0 Å². The van der Waals surface area contributed by atoms with Crippen molar-refractivity contribution in [3.63, 3.8) is 0 Å². The summed E-state index contributed by atoms with van der Waals surface area (Å²) in [5.41, 5.74) is 1.72. The van der Waals surface area contributed by atoms with Crippen molar-refractivity contribution in [1.82, 2.24) is 4.37 Å². The summed E-state index contributed by atoms with van der Waals surface area (Å²) in [6.45, 7) is 3.39. The highest BCUT2D eigenvalue weighted by atomic mass is 32.1. The van der Waals surface area contributed by atoms with E-state index in [-0.39, 0.29) is 21.7 Å². The molecule has 1 amide bonds. The van der Waals surface area contributed by atoms with Crippen molar-refractivity contribution in [2.75, 3.05) is 5.32 Å². The molecule has 3 aromatic carbocycles. The number of benzene rings is 3. The normalized spacial score (nSPS) is 14.5. The van der Waals surface area contributed by atoms with E-state index in [1.54, 1.807) is 38.1 Å². The molecule has 38 heavy (non-hydrogen) atoms. The van der Waals surface area contributed by atoms with Gasteiger partial charge in [-0.1, -0.05) is 54.6 Å². The third-order valence-corrected chi connectivity index (χ3v) is 7.82. The zero-order valence-corrected chi connectivity index (χ0v) is 21.4. The number of hydrogen-bond donors (Lipinski definition) is 2. The molecule has 0 saturated heterocycles. The first-order valence-corrected chi connectivity index (χ1v) is 12.8. The van der Waals surface area contributed by atoms with E-state index < -0.39 is 35.2 Å². The van der Waals surface area contributed by atoms with Crippen molar-refractivity contribution >= 4 is 29.3 Å². The Bertz CT molecular complexity index is 1520. The van der Waals surface area contributed by atoms with Crippen molar-refractivity contribution in [2.24, 2.45) is 0 Å². The second-order valence-electron chi connectivity index (χ2n) is 9.33. The number of carboxylic acids is 1. The van der Waals surface area contributed by atoms with Gasteiger partial charge in [-0.25, -0.2) is 13.6 Å². The van der Waals surface area contributed by atoms with E-state index in [4.69, 9.17) is 4.74 Å². The Hall–Kier alpha value is -4.11. The predicted molar refractivity (Wildman–Crippen MR) is 141 cm³/mol. The minimum Gasteiger partial charge on any atom is -0.481 e. The average Bonchev–Trinajstić information content (AvgIpc) is 3.65. The van der Waals surface area contributed by atoms with Gasteiger partial charge in [0, 0.05) is 11.1 Å². The molecule has 1 aliphatic rings. The van der Waals surface area contributed by atoms with E-state index in [0.29, 0.717) is 29.7 Å². The molecular formula is C29H24F2N2O4S. The molecule has 0 aliphatic heterocycles. The quantitative estimate of drug-likeness (QED) is 0.256. The Kier molecular flexibility index (Phi) is 6.71. The highest BCUT2D eigenvalue weighted by Crippen LogP contribution is 2.48. The van der Waals surface area contributed by atoms with Crippen LogP contribution in [0, 0.1) is 18.6 Å². The van der Waals surface area contributed by atoms with Crippen LogP contribution in [0.1, 0.15) is 42.7 Å². The van der Waals surface area contributed by atoms with Crippen LogP contribution in [0.25, 0.3) is 21.6 Å². The summed E-state index contributed by atoms with van der Waals surface area (Å²) in [5.74, 6) is -2.23. The van der Waals surface area contributed by atoms with Gasteiger partial charge in [0.2, 0.25) is 0 Å². The SMILES string of the molecule is Cc1nsc(-c2cc(F)c(-c3ccc(C4(C(=O)O)CC4)cc3)cc2F)c1NC(=O)OC(C)c1ccccc1. The number of aryl methyl sites for hydroxylation is 1. The third-order valence-electron chi connectivity index (χ3n) is 6.85. The standard InChI is InChI=1S/C29H24F2N2O4S/c1-16-25(32-28(36)37-17(2)18-6-4-3-5-7-18)26(38-33-16)22-15-23(30)21(14-24(22)31)19-8-10-20(11-9-19)29(12-13-29)27(34)35/h3-11,14-15,17H,12-13H2,1-2H3,(H,32,36)(H,34,35). The minimum absolute atomic E-state index is 0.0392. The summed E-state index contributed by atoms with van der Waals surface area (Å²) in [5, 5.41) is 12.1. The van der Waals surface area contributed by atoms with E-state index in [1.807, 2.05) is 30.3 Å². The van der Waals surface area contributed by atoms with Crippen molar-refractivity contribution < 1.29 is 28.2 Å². The molecule has 194 valence electrons. The molecule has 5 rings (SSSR count). The van der Waals surface area contributed by atoms with Crippen LogP contribution >= 0.6 is 11.5 Å². The Morgan fingerprint density at radius 1 is 1.03 bits per heavy atom. The number of carbonyl (C=O) groups is 2. The van der Waals surface area contributed by atoms with Crippen LogP contribution < -0.4 is 5.32 Å². The molecule has 6 nitrogen and oxygen atoms in total. The second kappa shape index (κ2) is 9.98. The summed E-state index contributed by atoms with van der Waals surface area (Å²) in [7, 11) is 0. The monoisotopic (exact) mass is 534 g/mol. The molecule has 0 bridgehead atoms. The van der Waals surface area contributed by atoms with E-state index >= 15 is 8.78 Å². The lowest BCUT2D eigenvalue weighted by Gasteiger charge is -2.15. The number of carboxylic acid groups (broad SMARTS) is 1. The molecule has 0 spiro atoms. The number of hydrogen-bond acceptors (Lipinski definition) is 5. The first-order chi connectivity index (χ1) is 18.2. The van der Waals surface area contributed by atoms with Crippen LogP contribution in [0.4, 0.5) is 19.3 Å². The summed E-state index contributed by atoms with van der Waals surface area (Å²) in [6, 6.07) is 17.9. The lowest BCUT2D eigenvalue weighted by Crippen LogP contribution is -2.19. The number of nitrogens with one attached hydrogen (secondary N) is 1. The molecule has 1 fully saturated rings. The average molecular weight is 535 g/mol. The maximum absolute atomic E-state index is 15.3.